The molecule has 0 aliphatic carbocycles. The zero-order valence-corrected chi connectivity index (χ0v) is 10.8. The third-order valence-corrected chi connectivity index (χ3v) is 5.82. The highest BCUT2D eigenvalue weighted by molar-refractivity contribution is 6.77. The highest BCUT2D eigenvalue weighted by atomic mass is 28.3. The number of ether oxygens (including phenoxy) is 1. The smallest absolute Gasteiger partial charge is 0.119 e. The first-order valence-electron chi connectivity index (χ1n) is 5.09. The minimum atomic E-state index is -1.09. The Bertz CT molecular complexity index is 301. The molecule has 0 aliphatic heterocycles. The Kier molecular flexibility index (Phi) is 3.37. The Labute approximate surface area is 88.1 Å². The van der Waals surface area contributed by atoms with Crippen LogP contribution in [-0.2, 0) is 0 Å². The molecule has 0 heterocycles. The molecule has 0 N–H and O–H groups in total. The van der Waals surface area contributed by atoms with Gasteiger partial charge in [0.05, 0.1) is 15.2 Å². The molecule has 0 amide bonds. The molecule has 78 valence electrons. The molecule has 1 aromatic rings. The lowest BCUT2D eigenvalue weighted by Gasteiger charge is -2.25. The molecule has 1 atom stereocenters. The van der Waals surface area contributed by atoms with E-state index in [1.807, 2.05) is 6.07 Å². The summed E-state index contributed by atoms with van der Waals surface area (Å²) < 4.78 is 5.23. The van der Waals surface area contributed by atoms with Crippen LogP contribution < -0.4 is 4.74 Å². The van der Waals surface area contributed by atoms with Crippen molar-refractivity contribution >= 4 is 8.07 Å². The number of methoxy groups -OCH3 is 1. The second-order valence-electron chi connectivity index (χ2n) is 4.86. The molecule has 1 unspecified atom stereocenters. The average Bonchev–Trinajstić information content (AvgIpc) is 2.15. The molecule has 0 spiro atoms. The summed E-state index contributed by atoms with van der Waals surface area (Å²) in [6.45, 7) is 9.52. The van der Waals surface area contributed by atoms with Crippen LogP contribution in [0.25, 0.3) is 0 Å². The van der Waals surface area contributed by atoms with Crippen molar-refractivity contribution in [2.24, 2.45) is 0 Å². The van der Waals surface area contributed by atoms with E-state index in [1.54, 1.807) is 7.11 Å². The van der Waals surface area contributed by atoms with E-state index in [9.17, 15) is 0 Å². The quantitative estimate of drug-likeness (QED) is 0.689. The monoisotopic (exact) mass is 208 g/mol. The van der Waals surface area contributed by atoms with E-state index in [-0.39, 0.29) is 0 Å². The molecule has 0 fully saturated rings. The van der Waals surface area contributed by atoms with Crippen molar-refractivity contribution in [2.45, 2.75) is 32.1 Å². The van der Waals surface area contributed by atoms with E-state index in [0.717, 1.165) is 5.75 Å². The van der Waals surface area contributed by atoms with Crippen LogP contribution in [0.1, 0.15) is 18.0 Å². The maximum absolute atomic E-state index is 5.23. The fourth-order valence-corrected chi connectivity index (χ4v) is 2.59. The molecule has 0 saturated carbocycles. The van der Waals surface area contributed by atoms with Gasteiger partial charge >= 0.3 is 0 Å². The van der Waals surface area contributed by atoms with Crippen molar-refractivity contribution in [1.29, 1.82) is 0 Å². The van der Waals surface area contributed by atoms with Gasteiger partial charge in [0.15, 0.2) is 0 Å². The summed E-state index contributed by atoms with van der Waals surface area (Å²) in [4.78, 5) is 0. The zero-order valence-electron chi connectivity index (χ0n) is 9.79. The van der Waals surface area contributed by atoms with Crippen LogP contribution in [-0.4, -0.2) is 15.2 Å². The van der Waals surface area contributed by atoms with Gasteiger partial charge in [-0.3, -0.25) is 0 Å². The zero-order chi connectivity index (χ0) is 10.8. The third-order valence-electron chi connectivity index (χ3n) is 2.89. The molecule has 1 aromatic carbocycles. The van der Waals surface area contributed by atoms with Gasteiger partial charge in [0, 0.05) is 0 Å². The first-order valence-corrected chi connectivity index (χ1v) is 8.67. The molecule has 0 aromatic heterocycles. The van der Waals surface area contributed by atoms with Gasteiger partial charge in [-0.2, -0.15) is 0 Å². The van der Waals surface area contributed by atoms with Crippen LogP contribution in [0.15, 0.2) is 24.3 Å². The average molecular weight is 208 g/mol. The van der Waals surface area contributed by atoms with Gasteiger partial charge in [-0.15, -0.1) is 0 Å². The molecule has 0 radical (unpaired) electrons. The fourth-order valence-electron chi connectivity index (χ4n) is 1.41. The molecule has 1 rings (SSSR count). The Balaban J connectivity index is 2.95. The Morgan fingerprint density at radius 3 is 2.36 bits per heavy atom. The first-order chi connectivity index (χ1) is 6.45. The maximum atomic E-state index is 5.23. The topological polar surface area (TPSA) is 9.23 Å². The number of hydrogen-bond acceptors (Lipinski definition) is 1. The van der Waals surface area contributed by atoms with Crippen LogP contribution in [0.2, 0.25) is 19.6 Å². The maximum Gasteiger partial charge on any atom is 0.119 e. The Morgan fingerprint density at radius 1 is 1.21 bits per heavy atom. The predicted molar refractivity (Wildman–Crippen MR) is 64.8 cm³/mol. The third kappa shape index (κ3) is 2.61. The molecule has 0 bridgehead atoms. The summed E-state index contributed by atoms with van der Waals surface area (Å²) in [7, 11) is 0.628. The number of benzene rings is 1. The molecule has 0 saturated heterocycles. The van der Waals surface area contributed by atoms with Crippen LogP contribution in [0, 0.1) is 0 Å². The summed E-state index contributed by atoms with van der Waals surface area (Å²) in [5.74, 6) is 0.965. The molecule has 14 heavy (non-hydrogen) atoms. The normalized spacial score (nSPS) is 13.8. The van der Waals surface area contributed by atoms with Gasteiger partial charge in [0.1, 0.15) is 5.75 Å². The Morgan fingerprint density at radius 2 is 1.86 bits per heavy atom. The summed E-state index contributed by atoms with van der Waals surface area (Å²) in [5, 5.41) is 0. The van der Waals surface area contributed by atoms with Crippen LogP contribution in [0.5, 0.6) is 5.75 Å². The number of hydrogen-bond donors (Lipinski definition) is 0. The lowest BCUT2D eigenvalue weighted by atomic mass is 10.1. The highest BCUT2D eigenvalue weighted by Gasteiger charge is 2.23. The van der Waals surface area contributed by atoms with Crippen LogP contribution >= 0.6 is 0 Å². The minimum Gasteiger partial charge on any atom is -0.497 e. The van der Waals surface area contributed by atoms with Gasteiger partial charge < -0.3 is 4.74 Å². The molecular weight excluding hydrogens is 188 g/mol. The SMILES string of the molecule is COc1cccc(C(C)[Si](C)(C)C)c1. The summed E-state index contributed by atoms with van der Waals surface area (Å²) in [6, 6.07) is 8.43. The van der Waals surface area contributed by atoms with Crippen LogP contribution in [0.3, 0.4) is 0 Å². The molecule has 0 aliphatic rings. The van der Waals surface area contributed by atoms with E-state index in [2.05, 4.69) is 44.8 Å². The van der Waals surface area contributed by atoms with Crippen molar-refractivity contribution in [3.63, 3.8) is 0 Å². The van der Waals surface area contributed by atoms with Crippen molar-refractivity contribution < 1.29 is 4.74 Å². The van der Waals surface area contributed by atoms with Crippen molar-refractivity contribution in [2.75, 3.05) is 7.11 Å². The minimum absolute atomic E-state index is 0.678. The van der Waals surface area contributed by atoms with Gasteiger partial charge in [0.2, 0.25) is 0 Å². The number of rotatable bonds is 3. The highest BCUT2D eigenvalue weighted by Crippen LogP contribution is 2.28. The van der Waals surface area contributed by atoms with E-state index < -0.39 is 8.07 Å². The summed E-state index contributed by atoms with van der Waals surface area (Å²) in [6.07, 6.45) is 0. The predicted octanol–water partition coefficient (Wildman–Crippen LogP) is 3.68. The van der Waals surface area contributed by atoms with Gasteiger partial charge in [0.25, 0.3) is 0 Å². The lowest BCUT2D eigenvalue weighted by molar-refractivity contribution is 0.414. The fraction of sp³-hybridized carbons (Fsp3) is 0.500. The first kappa shape index (κ1) is 11.3. The summed E-state index contributed by atoms with van der Waals surface area (Å²) >= 11 is 0. The summed E-state index contributed by atoms with van der Waals surface area (Å²) in [5.41, 5.74) is 2.08. The van der Waals surface area contributed by atoms with Crippen molar-refractivity contribution in [3.05, 3.63) is 29.8 Å². The molecule has 1 nitrogen and oxygen atoms in total. The Hall–Kier alpha value is -0.763. The van der Waals surface area contributed by atoms with E-state index in [4.69, 9.17) is 4.74 Å². The van der Waals surface area contributed by atoms with Crippen LogP contribution in [0.4, 0.5) is 0 Å². The van der Waals surface area contributed by atoms with Crippen molar-refractivity contribution in [1.82, 2.24) is 0 Å². The second kappa shape index (κ2) is 4.18. The molecule has 2 heteroatoms. The lowest BCUT2D eigenvalue weighted by Crippen LogP contribution is -2.28. The molecular formula is C12H20OSi. The van der Waals surface area contributed by atoms with Gasteiger partial charge in [-0.05, 0) is 23.2 Å². The van der Waals surface area contributed by atoms with E-state index in [0.29, 0.717) is 5.54 Å². The largest absolute Gasteiger partial charge is 0.497 e. The van der Waals surface area contributed by atoms with Gasteiger partial charge in [-0.25, -0.2) is 0 Å². The standard InChI is InChI=1S/C12H20OSi/c1-10(14(3,4)5)11-7-6-8-12(9-11)13-2/h6-10H,1-5H3. The second-order valence-corrected chi connectivity index (χ2v) is 10.5. The van der Waals surface area contributed by atoms with E-state index in [1.165, 1.54) is 5.56 Å². The van der Waals surface area contributed by atoms with Gasteiger partial charge in [-0.1, -0.05) is 38.7 Å². The van der Waals surface area contributed by atoms with E-state index >= 15 is 0 Å². The van der Waals surface area contributed by atoms with Crippen molar-refractivity contribution in [3.8, 4) is 5.75 Å².